The van der Waals surface area contributed by atoms with Crippen LogP contribution in [0.3, 0.4) is 0 Å². The highest BCUT2D eigenvalue weighted by Crippen LogP contribution is 2.27. The minimum Gasteiger partial charge on any atom is -0.461 e. The van der Waals surface area contributed by atoms with Gasteiger partial charge in [0.25, 0.3) is 0 Å². The monoisotopic (exact) mass is 356 g/mol. The fourth-order valence-corrected chi connectivity index (χ4v) is 2.71. The van der Waals surface area contributed by atoms with Gasteiger partial charge in [-0.05, 0) is 56.2 Å². The number of halogens is 1. The lowest BCUT2D eigenvalue weighted by Gasteiger charge is -2.01. The molecule has 2 heterocycles. The van der Waals surface area contributed by atoms with Gasteiger partial charge in [0.15, 0.2) is 11.5 Å². The summed E-state index contributed by atoms with van der Waals surface area (Å²) in [5.74, 6) is -0.258. The van der Waals surface area contributed by atoms with E-state index < -0.39 is 5.97 Å². The Labute approximate surface area is 150 Å². The molecule has 0 amide bonds. The number of rotatable bonds is 4. The summed E-state index contributed by atoms with van der Waals surface area (Å²) in [6.45, 7) is 5.97. The molecule has 0 aliphatic carbocycles. The Morgan fingerprint density at radius 3 is 2.60 bits per heavy atom. The summed E-state index contributed by atoms with van der Waals surface area (Å²) in [7, 11) is 0. The van der Waals surface area contributed by atoms with Crippen LogP contribution < -0.4 is 0 Å². The minimum atomic E-state index is -0.545. The van der Waals surface area contributed by atoms with Crippen molar-refractivity contribution >= 4 is 34.7 Å². The maximum absolute atomic E-state index is 12.2. The van der Waals surface area contributed by atoms with Crippen molar-refractivity contribution in [1.29, 1.82) is 0 Å². The summed E-state index contributed by atoms with van der Waals surface area (Å²) in [6, 6.07) is 9.29. The first-order valence-electron chi connectivity index (χ1n) is 7.82. The first kappa shape index (κ1) is 17.1. The number of carbonyl (C=O) groups excluding carboxylic acids is 1. The van der Waals surface area contributed by atoms with Gasteiger partial charge in [0.2, 0.25) is 0 Å². The van der Waals surface area contributed by atoms with Gasteiger partial charge in [-0.15, -0.1) is 10.2 Å². The largest absolute Gasteiger partial charge is 0.461 e. The van der Waals surface area contributed by atoms with Gasteiger partial charge in [-0.2, -0.15) is 0 Å². The zero-order chi connectivity index (χ0) is 18.0. The second-order valence-electron chi connectivity index (χ2n) is 5.63. The summed E-state index contributed by atoms with van der Waals surface area (Å²) in [5.41, 5.74) is 3.52. The van der Waals surface area contributed by atoms with Gasteiger partial charge >= 0.3 is 5.97 Å². The van der Waals surface area contributed by atoms with Crippen LogP contribution in [0.4, 0.5) is 11.5 Å². The van der Waals surface area contributed by atoms with Crippen LogP contribution >= 0.6 is 11.6 Å². The average molecular weight is 357 g/mol. The number of carbonyl (C=O) groups is 1. The van der Waals surface area contributed by atoms with Gasteiger partial charge in [0.05, 0.1) is 17.3 Å². The molecule has 7 heteroatoms. The van der Waals surface area contributed by atoms with E-state index >= 15 is 0 Å². The molecule has 25 heavy (non-hydrogen) atoms. The number of ether oxygens (including phenoxy) is 1. The standard InChI is InChI=1S/C18H17ClN4O2/c1-4-25-18(24)16-17(23-10-13(19)5-6-15(23)20-16)22-21-14-8-11(2)7-12(3)9-14/h5-10H,4H2,1-3H3. The maximum atomic E-state index is 12.2. The fourth-order valence-electron chi connectivity index (χ4n) is 2.55. The van der Waals surface area contributed by atoms with E-state index in [0.717, 1.165) is 11.1 Å². The number of pyridine rings is 1. The first-order chi connectivity index (χ1) is 12.0. The predicted molar refractivity (Wildman–Crippen MR) is 96.3 cm³/mol. The van der Waals surface area contributed by atoms with E-state index in [-0.39, 0.29) is 18.1 Å². The second kappa shape index (κ2) is 7.03. The quantitative estimate of drug-likeness (QED) is 0.476. The number of esters is 1. The summed E-state index contributed by atoms with van der Waals surface area (Å²) >= 11 is 6.06. The van der Waals surface area contributed by atoms with E-state index in [2.05, 4.69) is 21.3 Å². The number of hydrogen-bond donors (Lipinski definition) is 0. The van der Waals surface area contributed by atoms with Crippen LogP contribution in [0.25, 0.3) is 5.65 Å². The number of benzene rings is 1. The summed E-state index contributed by atoms with van der Waals surface area (Å²) in [5, 5.41) is 9.03. The normalized spacial score (nSPS) is 11.4. The Bertz CT molecular complexity index is 958. The lowest BCUT2D eigenvalue weighted by Crippen LogP contribution is -2.05. The highest BCUT2D eigenvalue weighted by molar-refractivity contribution is 6.30. The third-order valence-corrected chi connectivity index (χ3v) is 3.72. The molecule has 0 fully saturated rings. The van der Waals surface area contributed by atoms with Gasteiger partial charge in [0.1, 0.15) is 5.65 Å². The third kappa shape index (κ3) is 3.69. The number of nitrogens with zero attached hydrogens (tertiary/aromatic N) is 4. The number of fused-ring (bicyclic) bond motifs is 1. The SMILES string of the molecule is CCOC(=O)c1nc2ccc(Cl)cn2c1N=Nc1cc(C)cc(C)c1. The number of imidazole rings is 1. The second-order valence-corrected chi connectivity index (χ2v) is 6.06. The lowest BCUT2D eigenvalue weighted by molar-refractivity contribution is 0.0521. The molecule has 3 rings (SSSR count). The molecule has 0 radical (unpaired) electrons. The van der Waals surface area contributed by atoms with Gasteiger partial charge in [-0.25, -0.2) is 9.78 Å². The summed E-state index contributed by atoms with van der Waals surface area (Å²) in [4.78, 5) is 16.5. The van der Waals surface area contributed by atoms with Crippen LogP contribution in [0.5, 0.6) is 0 Å². The molecule has 2 aromatic heterocycles. The summed E-state index contributed by atoms with van der Waals surface area (Å²) < 4.78 is 6.69. The molecule has 0 saturated heterocycles. The first-order valence-corrected chi connectivity index (χ1v) is 8.20. The smallest absolute Gasteiger partial charge is 0.360 e. The molecule has 0 spiro atoms. The number of azo groups is 1. The Hall–Kier alpha value is -2.73. The van der Waals surface area contributed by atoms with Crippen molar-refractivity contribution in [3.05, 3.63) is 58.4 Å². The number of aryl methyl sites for hydroxylation is 2. The maximum Gasteiger partial charge on any atom is 0.360 e. The van der Waals surface area contributed by atoms with Crippen molar-refractivity contribution in [1.82, 2.24) is 9.38 Å². The van der Waals surface area contributed by atoms with Crippen LogP contribution in [-0.2, 0) is 4.74 Å². The lowest BCUT2D eigenvalue weighted by atomic mass is 10.1. The summed E-state index contributed by atoms with van der Waals surface area (Å²) in [6.07, 6.45) is 1.64. The molecule has 0 aliphatic rings. The molecule has 3 aromatic rings. The molecule has 6 nitrogen and oxygen atoms in total. The molecule has 1 aromatic carbocycles. The highest BCUT2D eigenvalue weighted by Gasteiger charge is 2.20. The van der Waals surface area contributed by atoms with Gasteiger partial charge in [-0.1, -0.05) is 17.7 Å². The highest BCUT2D eigenvalue weighted by atomic mass is 35.5. The van der Waals surface area contributed by atoms with E-state index in [1.807, 2.05) is 26.0 Å². The van der Waals surface area contributed by atoms with Crippen LogP contribution in [-0.4, -0.2) is 22.0 Å². The van der Waals surface area contributed by atoms with Crippen LogP contribution in [0, 0.1) is 13.8 Å². The Morgan fingerprint density at radius 1 is 1.20 bits per heavy atom. The zero-order valence-corrected chi connectivity index (χ0v) is 14.9. The van der Waals surface area contributed by atoms with Crippen molar-refractivity contribution in [3.8, 4) is 0 Å². The molecule has 0 atom stereocenters. The molecule has 0 unspecified atom stereocenters. The fraction of sp³-hybridized carbons (Fsp3) is 0.222. The minimum absolute atomic E-state index is 0.109. The van der Waals surface area contributed by atoms with Crippen molar-refractivity contribution in [2.75, 3.05) is 6.61 Å². The molecule has 0 saturated carbocycles. The number of hydrogen-bond acceptors (Lipinski definition) is 5. The average Bonchev–Trinajstić information content (AvgIpc) is 2.90. The van der Waals surface area contributed by atoms with Gasteiger partial charge < -0.3 is 4.74 Å². The molecular weight excluding hydrogens is 340 g/mol. The third-order valence-electron chi connectivity index (χ3n) is 3.49. The molecule has 0 N–H and O–H groups in total. The van der Waals surface area contributed by atoms with Crippen LogP contribution in [0.2, 0.25) is 5.02 Å². The van der Waals surface area contributed by atoms with Crippen molar-refractivity contribution in [2.45, 2.75) is 20.8 Å². The van der Waals surface area contributed by atoms with Crippen LogP contribution in [0.15, 0.2) is 46.8 Å². The Morgan fingerprint density at radius 2 is 1.92 bits per heavy atom. The van der Waals surface area contributed by atoms with Gasteiger partial charge in [-0.3, -0.25) is 4.40 Å². The molecule has 0 bridgehead atoms. The van der Waals surface area contributed by atoms with E-state index in [1.54, 1.807) is 29.7 Å². The van der Waals surface area contributed by atoms with Crippen molar-refractivity contribution < 1.29 is 9.53 Å². The van der Waals surface area contributed by atoms with E-state index in [9.17, 15) is 4.79 Å². The Kier molecular flexibility index (Phi) is 4.81. The topological polar surface area (TPSA) is 68.3 Å². The van der Waals surface area contributed by atoms with Crippen molar-refractivity contribution in [2.24, 2.45) is 10.2 Å². The van der Waals surface area contributed by atoms with Gasteiger partial charge in [0, 0.05) is 6.20 Å². The number of aromatic nitrogens is 2. The van der Waals surface area contributed by atoms with E-state index in [4.69, 9.17) is 16.3 Å². The van der Waals surface area contributed by atoms with Crippen LogP contribution in [0.1, 0.15) is 28.5 Å². The van der Waals surface area contributed by atoms with E-state index in [1.165, 1.54) is 0 Å². The Balaban J connectivity index is 2.11. The zero-order valence-electron chi connectivity index (χ0n) is 14.2. The molecule has 0 aliphatic heterocycles. The molecular formula is C18H17ClN4O2. The predicted octanol–water partition coefficient (Wildman–Crippen LogP) is 5.20. The molecule has 128 valence electrons. The van der Waals surface area contributed by atoms with Crippen molar-refractivity contribution in [3.63, 3.8) is 0 Å². The van der Waals surface area contributed by atoms with E-state index in [0.29, 0.717) is 16.4 Å².